The SMILES string of the molecule is CCOCc1nn(-c2ccc(F)cc2)c2c1CC1CN(S(=O)(=O)c3ccc(C(F)(F)F)cc3)CCC1=C2. The number of piperidine rings is 1. The molecule has 0 saturated carbocycles. The Balaban J connectivity index is 1.43. The number of fused-ring (bicyclic) bond motifs is 2. The molecule has 0 N–H and O–H groups in total. The Morgan fingerprint density at radius 2 is 1.78 bits per heavy atom. The van der Waals surface area contributed by atoms with Gasteiger partial charge in [-0.05, 0) is 80.3 Å². The lowest BCUT2D eigenvalue weighted by Crippen LogP contribution is -2.42. The minimum atomic E-state index is -4.54. The summed E-state index contributed by atoms with van der Waals surface area (Å²) in [5, 5.41) is 4.73. The minimum Gasteiger partial charge on any atom is -0.375 e. The predicted molar refractivity (Wildman–Crippen MR) is 129 cm³/mol. The molecule has 37 heavy (non-hydrogen) atoms. The van der Waals surface area contributed by atoms with E-state index in [0.717, 1.165) is 46.8 Å². The van der Waals surface area contributed by atoms with Crippen LogP contribution >= 0.6 is 0 Å². The summed E-state index contributed by atoms with van der Waals surface area (Å²) in [5.41, 5.74) is 3.44. The Bertz CT molecular complexity index is 1430. The van der Waals surface area contributed by atoms with Gasteiger partial charge in [-0.1, -0.05) is 5.57 Å². The van der Waals surface area contributed by atoms with Crippen molar-refractivity contribution in [2.45, 2.75) is 37.4 Å². The predicted octanol–water partition coefficient (Wildman–Crippen LogP) is 5.22. The van der Waals surface area contributed by atoms with Crippen molar-refractivity contribution in [3.8, 4) is 5.69 Å². The van der Waals surface area contributed by atoms with E-state index < -0.39 is 21.8 Å². The monoisotopic (exact) mass is 535 g/mol. The Morgan fingerprint density at radius 3 is 2.43 bits per heavy atom. The highest BCUT2D eigenvalue weighted by molar-refractivity contribution is 7.89. The number of nitrogens with zero attached hydrogens (tertiary/aromatic N) is 3. The van der Waals surface area contributed by atoms with Gasteiger partial charge in [0.2, 0.25) is 10.0 Å². The van der Waals surface area contributed by atoms with E-state index >= 15 is 0 Å². The van der Waals surface area contributed by atoms with Crippen LogP contribution < -0.4 is 0 Å². The van der Waals surface area contributed by atoms with Crippen LogP contribution in [0, 0.1) is 11.7 Å². The highest BCUT2D eigenvalue weighted by Crippen LogP contribution is 2.38. The molecule has 2 aliphatic rings. The minimum absolute atomic E-state index is 0.100. The van der Waals surface area contributed by atoms with Gasteiger partial charge in [0.15, 0.2) is 0 Å². The van der Waals surface area contributed by atoms with Crippen LogP contribution in [0.4, 0.5) is 17.6 Å². The van der Waals surface area contributed by atoms with Gasteiger partial charge in [0.05, 0.1) is 34.1 Å². The number of sulfonamides is 1. The number of hydrogen-bond acceptors (Lipinski definition) is 4. The second-order valence-electron chi connectivity index (χ2n) is 9.09. The summed E-state index contributed by atoms with van der Waals surface area (Å²) in [4.78, 5) is -0.161. The molecule has 0 radical (unpaired) electrons. The van der Waals surface area contributed by atoms with Crippen LogP contribution in [0.5, 0.6) is 0 Å². The first-order chi connectivity index (χ1) is 17.6. The van der Waals surface area contributed by atoms with E-state index in [1.807, 2.05) is 13.0 Å². The smallest absolute Gasteiger partial charge is 0.375 e. The molecule has 2 aromatic carbocycles. The van der Waals surface area contributed by atoms with Crippen molar-refractivity contribution in [3.05, 3.63) is 82.4 Å². The topological polar surface area (TPSA) is 64.4 Å². The molecular weight excluding hydrogens is 510 g/mol. The first kappa shape index (κ1) is 25.6. The van der Waals surface area contributed by atoms with Gasteiger partial charge in [-0.25, -0.2) is 17.5 Å². The Hall–Kier alpha value is -3.02. The van der Waals surface area contributed by atoms with Gasteiger partial charge in [0.25, 0.3) is 0 Å². The average molecular weight is 536 g/mol. The molecule has 1 aromatic heterocycles. The van der Waals surface area contributed by atoms with E-state index in [4.69, 9.17) is 9.84 Å². The standard InChI is InChI=1S/C26H25F4N3O3S/c1-2-36-16-24-23-13-18-15-32(37(34,35)22-9-3-19(4-10-22)26(28,29)30)12-11-17(18)14-25(23)33(31-24)21-7-5-20(27)6-8-21/h3-10,14,18H,2,11-13,15-16H2,1H3. The largest absolute Gasteiger partial charge is 0.416 e. The lowest BCUT2D eigenvalue weighted by molar-refractivity contribution is -0.137. The van der Waals surface area contributed by atoms with Crippen molar-refractivity contribution in [1.29, 1.82) is 0 Å². The number of halogens is 4. The van der Waals surface area contributed by atoms with E-state index in [2.05, 4.69) is 0 Å². The quantitative estimate of drug-likeness (QED) is 0.406. The molecule has 0 amide bonds. The van der Waals surface area contributed by atoms with E-state index in [0.29, 0.717) is 25.1 Å². The van der Waals surface area contributed by atoms with Crippen molar-refractivity contribution in [3.63, 3.8) is 0 Å². The van der Waals surface area contributed by atoms with Crippen LogP contribution in [0.2, 0.25) is 0 Å². The second-order valence-corrected chi connectivity index (χ2v) is 11.0. The summed E-state index contributed by atoms with van der Waals surface area (Å²) >= 11 is 0. The summed E-state index contributed by atoms with van der Waals surface area (Å²) in [6, 6.07) is 9.64. The summed E-state index contributed by atoms with van der Waals surface area (Å²) in [7, 11) is -3.96. The van der Waals surface area contributed by atoms with E-state index in [-0.39, 0.29) is 36.3 Å². The zero-order valence-corrected chi connectivity index (χ0v) is 20.8. The maximum absolute atomic E-state index is 13.5. The Labute approximate surface area is 212 Å². The van der Waals surface area contributed by atoms with Crippen molar-refractivity contribution in [1.82, 2.24) is 14.1 Å². The maximum Gasteiger partial charge on any atom is 0.416 e. The van der Waals surface area contributed by atoms with E-state index in [1.54, 1.807) is 16.8 Å². The molecular formula is C26H25F4N3O3S. The lowest BCUT2D eigenvalue weighted by atomic mass is 9.82. The van der Waals surface area contributed by atoms with Crippen LogP contribution in [-0.4, -0.2) is 42.2 Å². The maximum atomic E-state index is 13.5. The molecule has 6 nitrogen and oxygen atoms in total. The van der Waals surface area contributed by atoms with Gasteiger partial charge in [-0.15, -0.1) is 0 Å². The Kier molecular flexibility index (Phi) is 6.71. The molecule has 1 atom stereocenters. The number of rotatable bonds is 6. The van der Waals surface area contributed by atoms with Crippen LogP contribution in [0.25, 0.3) is 11.8 Å². The number of ether oxygens (including phenoxy) is 1. The summed E-state index contributed by atoms with van der Waals surface area (Å²) in [6.07, 6.45) is -1.48. The molecule has 1 saturated heterocycles. The van der Waals surface area contributed by atoms with Gasteiger partial charge >= 0.3 is 6.18 Å². The van der Waals surface area contributed by atoms with Crippen molar-refractivity contribution in [2.24, 2.45) is 5.92 Å². The molecule has 3 aromatic rings. The van der Waals surface area contributed by atoms with Crippen LogP contribution in [0.1, 0.15) is 35.9 Å². The summed E-state index contributed by atoms with van der Waals surface area (Å²) in [6.45, 7) is 3.10. The molecule has 196 valence electrons. The Morgan fingerprint density at radius 1 is 1.08 bits per heavy atom. The lowest BCUT2D eigenvalue weighted by Gasteiger charge is -2.36. The molecule has 5 rings (SSSR count). The van der Waals surface area contributed by atoms with E-state index in [1.165, 1.54) is 16.4 Å². The molecule has 2 heterocycles. The molecule has 1 aliphatic carbocycles. The average Bonchev–Trinajstić information content (AvgIpc) is 3.23. The fourth-order valence-corrected chi connectivity index (χ4v) is 6.36. The number of alkyl halides is 3. The zero-order chi connectivity index (χ0) is 26.4. The zero-order valence-electron chi connectivity index (χ0n) is 20.0. The van der Waals surface area contributed by atoms with Gasteiger partial charge < -0.3 is 4.74 Å². The molecule has 0 spiro atoms. The first-order valence-electron chi connectivity index (χ1n) is 11.9. The number of benzene rings is 2. The third kappa shape index (κ3) is 4.95. The molecule has 1 aliphatic heterocycles. The summed E-state index contributed by atoms with van der Waals surface area (Å²) in [5.74, 6) is -0.448. The van der Waals surface area contributed by atoms with Crippen LogP contribution in [0.15, 0.2) is 59.0 Å². The van der Waals surface area contributed by atoms with Crippen LogP contribution in [0.3, 0.4) is 0 Å². The van der Waals surface area contributed by atoms with Gasteiger partial charge in [0.1, 0.15) is 5.82 Å². The number of hydrogen-bond donors (Lipinski definition) is 0. The number of aromatic nitrogens is 2. The fraction of sp³-hybridized carbons (Fsp3) is 0.346. The molecule has 11 heteroatoms. The van der Waals surface area contributed by atoms with Crippen molar-refractivity contribution >= 4 is 16.1 Å². The van der Waals surface area contributed by atoms with Gasteiger partial charge in [-0.3, -0.25) is 0 Å². The van der Waals surface area contributed by atoms with Crippen LogP contribution in [-0.2, 0) is 34.0 Å². The fourth-order valence-electron chi connectivity index (χ4n) is 4.88. The third-order valence-corrected chi connectivity index (χ3v) is 8.69. The third-order valence-electron chi connectivity index (χ3n) is 6.81. The first-order valence-corrected chi connectivity index (χ1v) is 13.3. The van der Waals surface area contributed by atoms with Crippen molar-refractivity contribution in [2.75, 3.05) is 19.7 Å². The second kappa shape index (κ2) is 9.70. The van der Waals surface area contributed by atoms with Crippen molar-refractivity contribution < 1.29 is 30.7 Å². The van der Waals surface area contributed by atoms with E-state index in [9.17, 15) is 26.0 Å². The van der Waals surface area contributed by atoms with Gasteiger partial charge in [0, 0.05) is 25.3 Å². The molecule has 1 fully saturated rings. The highest BCUT2D eigenvalue weighted by Gasteiger charge is 2.37. The molecule has 1 unspecified atom stereocenters. The highest BCUT2D eigenvalue weighted by atomic mass is 32.2. The summed E-state index contributed by atoms with van der Waals surface area (Å²) < 4.78 is 87.5. The molecule has 0 bridgehead atoms. The normalized spacial score (nSPS) is 18.3. The van der Waals surface area contributed by atoms with Gasteiger partial charge in [-0.2, -0.15) is 22.6 Å².